The molecule has 0 aliphatic heterocycles. The Morgan fingerprint density at radius 3 is 2.61 bits per heavy atom. The smallest absolute Gasteiger partial charge is 0.324 e. The molecule has 0 saturated heterocycles. The molecule has 0 fully saturated rings. The summed E-state index contributed by atoms with van der Waals surface area (Å²) in [5, 5.41) is 7.11. The molecule has 4 rings (SSSR count). The van der Waals surface area contributed by atoms with Gasteiger partial charge in [0.15, 0.2) is 0 Å². The lowest BCUT2D eigenvalue weighted by Crippen LogP contribution is -2.31. The number of imidazole rings is 1. The summed E-state index contributed by atoms with van der Waals surface area (Å²) < 4.78 is 42.1. The Labute approximate surface area is 174 Å². The van der Waals surface area contributed by atoms with Crippen LogP contribution in [0.4, 0.5) is 18.9 Å². The number of pyridine rings is 1. The van der Waals surface area contributed by atoms with Crippen LogP contribution < -0.4 is 10.9 Å². The molecule has 0 aliphatic carbocycles. The van der Waals surface area contributed by atoms with Crippen LogP contribution in [0, 0.1) is 0 Å². The van der Waals surface area contributed by atoms with E-state index in [-0.39, 0.29) is 23.2 Å². The Balaban J connectivity index is 1.68. The van der Waals surface area contributed by atoms with Gasteiger partial charge in [-0.05, 0) is 30.2 Å². The number of amides is 1. The third-order valence-electron chi connectivity index (χ3n) is 4.84. The SMILES string of the molecule is CC(C)c1nn(CC(=O)Nc2ccn3ccnc3c2)c(=O)c2ccc(C(F)(F)F)cc12. The lowest BCUT2D eigenvalue weighted by molar-refractivity contribution is -0.137. The van der Waals surface area contributed by atoms with Gasteiger partial charge in [-0.3, -0.25) is 9.59 Å². The number of anilines is 1. The quantitative estimate of drug-likeness (QED) is 0.535. The van der Waals surface area contributed by atoms with E-state index in [9.17, 15) is 22.8 Å². The van der Waals surface area contributed by atoms with Crippen molar-refractivity contribution in [3.8, 4) is 0 Å². The standard InChI is InChI=1S/C21H18F3N5O2/c1-12(2)19-16-9-13(21(22,23)24)3-4-15(16)20(31)29(27-19)11-18(30)26-14-5-7-28-8-6-25-17(28)10-14/h3-10,12H,11H2,1-2H3,(H,26,30). The van der Waals surface area contributed by atoms with E-state index >= 15 is 0 Å². The van der Waals surface area contributed by atoms with E-state index in [0.29, 0.717) is 17.0 Å². The highest BCUT2D eigenvalue weighted by molar-refractivity contribution is 5.91. The van der Waals surface area contributed by atoms with Gasteiger partial charge in [-0.15, -0.1) is 0 Å². The van der Waals surface area contributed by atoms with Crippen molar-refractivity contribution in [2.24, 2.45) is 0 Å². The Bertz CT molecular complexity index is 1350. The Morgan fingerprint density at radius 2 is 1.90 bits per heavy atom. The second-order valence-corrected chi connectivity index (χ2v) is 7.42. The van der Waals surface area contributed by atoms with Crippen LogP contribution in [-0.2, 0) is 17.5 Å². The van der Waals surface area contributed by atoms with Crippen molar-refractivity contribution < 1.29 is 18.0 Å². The average molecular weight is 429 g/mol. The van der Waals surface area contributed by atoms with Crippen LogP contribution in [0.2, 0.25) is 0 Å². The molecule has 3 aromatic heterocycles. The van der Waals surface area contributed by atoms with Crippen LogP contribution in [0.15, 0.2) is 53.7 Å². The van der Waals surface area contributed by atoms with E-state index in [1.807, 2.05) is 0 Å². The van der Waals surface area contributed by atoms with Gasteiger partial charge in [-0.25, -0.2) is 9.67 Å². The first-order valence-electron chi connectivity index (χ1n) is 9.48. The van der Waals surface area contributed by atoms with Crippen LogP contribution in [-0.4, -0.2) is 25.1 Å². The van der Waals surface area contributed by atoms with E-state index in [4.69, 9.17) is 0 Å². The highest BCUT2D eigenvalue weighted by atomic mass is 19.4. The number of rotatable bonds is 4. The van der Waals surface area contributed by atoms with Gasteiger partial charge in [-0.2, -0.15) is 18.3 Å². The van der Waals surface area contributed by atoms with E-state index in [0.717, 1.165) is 22.9 Å². The van der Waals surface area contributed by atoms with Gasteiger partial charge in [-0.1, -0.05) is 13.8 Å². The summed E-state index contributed by atoms with van der Waals surface area (Å²) in [6.45, 7) is 3.14. The minimum absolute atomic E-state index is 0.0818. The van der Waals surface area contributed by atoms with Crippen LogP contribution in [0.1, 0.15) is 31.0 Å². The number of benzene rings is 1. The average Bonchev–Trinajstić information content (AvgIpc) is 3.16. The summed E-state index contributed by atoms with van der Waals surface area (Å²) >= 11 is 0. The molecule has 0 spiro atoms. The van der Waals surface area contributed by atoms with Crippen molar-refractivity contribution in [2.75, 3.05) is 5.32 Å². The number of hydrogen-bond donors (Lipinski definition) is 1. The molecule has 1 amide bonds. The van der Waals surface area contributed by atoms with Gasteiger partial charge in [0.05, 0.1) is 16.6 Å². The van der Waals surface area contributed by atoms with Crippen LogP contribution in [0.5, 0.6) is 0 Å². The summed E-state index contributed by atoms with van der Waals surface area (Å²) in [7, 11) is 0. The van der Waals surface area contributed by atoms with E-state index in [2.05, 4.69) is 15.4 Å². The van der Waals surface area contributed by atoms with Gasteiger partial charge in [0, 0.05) is 35.7 Å². The molecule has 10 heteroatoms. The molecule has 4 aromatic rings. The number of nitrogens with one attached hydrogen (secondary N) is 1. The maximum atomic E-state index is 13.1. The maximum Gasteiger partial charge on any atom is 0.416 e. The molecule has 31 heavy (non-hydrogen) atoms. The number of fused-ring (bicyclic) bond motifs is 2. The van der Waals surface area contributed by atoms with Gasteiger partial charge in [0.1, 0.15) is 12.2 Å². The van der Waals surface area contributed by atoms with Crippen molar-refractivity contribution in [1.29, 1.82) is 0 Å². The second kappa shape index (κ2) is 7.53. The minimum atomic E-state index is -4.53. The van der Waals surface area contributed by atoms with E-state index in [1.165, 1.54) is 0 Å². The normalized spacial score (nSPS) is 12.1. The van der Waals surface area contributed by atoms with Gasteiger partial charge >= 0.3 is 6.18 Å². The highest BCUT2D eigenvalue weighted by Gasteiger charge is 2.31. The monoisotopic (exact) mass is 429 g/mol. The van der Waals surface area contributed by atoms with Crippen LogP contribution in [0.3, 0.4) is 0 Å². The van der Waals surface area contributed by atoms with Crippen molar-refractivity contribution in [1.82, 2.24) is 19.2 Å². The fraction of sp³-hybridized carbons (Fsp3) is 0.238. The van der Waals surface area contributed by atoms with E-state index in [1.54, 1.807) is 49.0 Å². The summed E-state index contributed by atoms with van der Waals surface area (Å²) in [5.74, 6) is -0.754. The van der Waals surface area contributed by atoms with Crippen LogP contribution in [0.25, 0.3) is 16.4 Å². The molecule has 0 radical (unpaired) electrons. The number of aromatic nitrogens is 4. The first-order chi connectivity index (χ1) is 14.6. The van der Waals surface area contributed by atoms with Crippen molar-refractivity contribution >= 4 is 28.0 Å². The largest absolute Gasteiger partial charge is 0.416 e. The Hall–Kier alpha value is -3.69. The molecule has 7 nitrogen and oxygen atoms in total. The van der Waals surface area contributed by atoms with E-state index < -0.39 is 23.2 Å². The summed E-state index contributed by atoms with van der Waals surface area (Å²) in [4.78, 5) is 29.5. The molecule has 0 saturated carbocycles. The van der Waals surface area contributed by atoms with Crippen molar-refractivity contribution in [3.05, 3.63) is 70.5 Å². The molecule has 1 N–H and O–H groups in total. The van der Waals surface area contributed by atoms with Gasteiger partial charge in [0.2, 0.25) is 5.91 Å². The molecular weight excluding hydrogens is 411 g/mol. The maximum absolute atomic E-state index is 13.1. The topological polar surface area (TPSA) is 81.3 Å². The van der Waals surface area contributed by atoms with Crippen molar-refractivity contribution in [3.63, 3.8) is 0 Å². The fourth-order valence-corrected chi connectivity index (χ4v) is 3.35. The number of halogens is 3. The van der Waals surface area contributed by atoms with Gasteiger partial charge < -0.3 is 9.72 Å². The zero-order valence-corrected chi connectivity index (χ0v) is 16.6. The summed E-state index contributed by atoms with van der Waals surface area (Å²) in [5.41, 5.74) is -0.0370. The predicted molar refractivity (Wildman–Crippen MR) is 109 cm³/mol. The highest BCUT2D eigenvalue weighted by Crippen LogP contribution is 2.32. The molecule has 0 atom stereocenters. The number of carbonyl (C=O) groups excluding carboxylic acids is 1. The summed E-state index contributed by atoms with van der Waals surface area (Å²) in [6, 6.07) is 6.28. The third kappa shape index (κ3) is 4.00. The first-order valence-corrected chi connectivity index (χ1v) is 9.48. The van der Waals surface area contributed by atoms with Crippen LogP contribution >= 0.6 is 0 Å². The lowest BCUT2D eigenvalue weighted by atomic mass is 10.0. The number of alkyl halides is 3. The minimum Gasteiger partial charge on any atom is -0.324 e. The van der Waals surface area contributed by atoms with Gasteiger partial charge in [0.25, 0.3) is 5.56 Å². The third-order valence-corrected chi connectivity index (χ3v) is 4.84. The summed E-state index contributed by atoms with van der Waals surface area (Å²) in [6.07, 6.45) is 0.578. The van der Waals surface area contributed by atoms with Crippen molar-refractivity contribution in [2.45, 2.75) is 32.5 Å². The molecule has 0 aliphatic rings. The lowest BCUT2D eigenvalue weighted by Gasteiger charge is -2.15. The number of hydrogen-bond acceptors (Lipinski definition) is 4. The molecule has 160 valence electrons. The number of nitrogens with zero attached hydrogens (tertiary/aromatic N) is 4. The molecule has 0 bridgehead atoms. The molecule has 3 heterocycles. The molecule has 0 unspecified atom stereocenters. The zero-order valence-electron chi connectivity index (χ0n) is 16.6. The molecule has 1 aromatic carbocycles. The molecular formula is C21H18F3N5O2. The predicted octanol–water partition coefficient (Wildman–Crippen LogP) is 3.83. The first kappa shape index (κ1) is 20.6. The Morgan fingerprint density at radius 1 is 1.13 bits per heavy atom. The Kier molecular flexibility index (Phi) is 5.00. The fourth-order valence-electron chi connectivity index (χ4n) is 3.35. The number of carbonyl (C=O) groups is 1. The second-order valence-electron chi connectivity index (χ2n) is 7.42. The zero-order chi connectivity index (χ0) is 22.3.